The van der Waals surface area contributed by atoms with E-state index in [1.807, 2.05) is 0 Å². The van der Waals surface area contributed by atoms with Crippen LogP contribution in [-0.2, 0) is 26.2 Å². The fourth-order valence-corrected chi connectivity index (χ4v) is 3.94. The molecule has 174 valence electrons. The Labute approximate surface area is 189 Å². The van der Waals surface area contributed by atoms with E-state index in [1.54, 1.807) is 56.5 Å². The summed E-state index contributed by atoms with van der Waals surface area (Å²) in [7, 11) is 0.710. The molecule has 2 amide bonds. The number of nitrogens with zero attached hydrogens (tertiary/aromatic N) is 2. The maximum Gasteiger partial charge on any atom is 0.244 e. The zero-order valence-corrected chi connectivity index (χ0v) is 19.7. The zero-order chi connectivity index (χ0) is 23.9. The van der Waals surface area contributed by atoms with Gasteiger partial charge in [-0.25, -0.2) is 8.42 Å². The van der Waals surface area contributed by atoms with Gasteiger partial charge in [-0.1, -0.05) is 18.2 Å². The Kier molecular flexibility index (Phi) is 8.48. The van der Waals surface area contributed by atoms with Crippen LogP contribution in [0.1, 0.15) is 12.5 Å². The third-order valence-electron chi connectivity index (χ3n) is 4.95. The predicted molar refractivity (Wildman–Crippen MR) is 122 cm³/mol. The highest BCUT2D eigenvalue weighted by Crippen LogP contribution is 2.24. The normalized spacial score (nSPS) is 11.9. The van der Waals surface area contributed by atoms with E-state index in [9.17, 15) is 18.0 Å². The lowest BCUT2D eigenvalue weighted by Gasteiger charge is -2.31. The number of rotatable bonds is 10. The number of sulfonamides is 1. The summed E-state index contributed by atoms with van der Waals surface area (Å²) in [5, 5.41) is 2.53. The van der Waals surface area contributed by atoms with E-state index in [0.29, 0.717) is 11.5 Å². The number of ether oxygens (including phenoxy) is 2. The third kappa shape index (κ3) is 6.36. The van der Waals surface area contributed by atoms with E-state index >= 15 is 0 Å². The van der Waals surface area contributed by atoms with Gasteiger partial charge in [-0.2, -0.15) is 0 Å². The molecular formula is C22H29N3O6S. The summed E-state index contributed by atoms with van der Waals surface area (Å²) in [5.41, 5.74) is 1.05. The summed E-state index contributed by atoms with van der Waals surface area (Å²) in [6, 6.07) is 12.7. The molecule has 0 aliphatic carbocycles. The molecule has 32 heavy (non-hydrogen) atoms. The van der Waals surface area contributed by atoms with Gasteiger partial charge in [0.1, 0.15) is 24.1 Å². The van der Waals surface area contributed by atoms with Crippen LogP contribution in [0.5, 0.6) is 11.5 Å². The molecule has 0 unspecified atom stereocenters. The third-order valence-corrected chi connectivity index (χ3v) is 6.09. The zero-order valence-electron chi connectivity index (χ0n) is 18.9. The molecule has 0 bridgehead atoms. The van der Waals surface area contributed by atoms with Crippen molar-refractivity contribution in [2.45, 2.75) is 19.5 Å². The molecule has 0 aromatic heterocycles. The fraction of sp³-hybridized carbons (Fsp3) is 0.364. The molecule has 0 aliphatic heterocycles. The van der Waals surface area contributed by atoms with Gasteiger partial charge in [-0.05, 0) is 36.8 Å². The Hall–Kier alpha value is -3.27. The average Bonchev–Trinajstić information content (AvgIpc) is 2.79. The number of anilines is 1. The van der Waals surface area contributed by atoms with Gasteiger partial charge in [0.15, 0.2) is 0 Å². The summed E-state index contributed by atoms with van der Waals surface area (Å²) in [4.78, 5) is 27.0. The summed E-state index contributed by atoms with van der Waals surface area (Å²) < 4.78 is 36.3. The largest absolute Gasteiger partial charge is 0.497 e. The highest BCUT2D eigenvalue weighted by atomic mass is 32.2. The SMILES string of the molecule is CNC(=O)[C@H](C)N(Cc1ccc(OC)cc1)C(=O)CN(c1cccc(OC)c1)S(C)(=O)=O. The van der Waals surface area contributed by atoms with Crippen LogP contribution in [-0.4, -0.2) is 65.2 Å². The summed E-state index contributed by atoms with van der Waals surface area (Å²) >= 11 is 0. The van der Waals surface area contributed by atoms with Gasteiger partial charge in [0.05, 0.1) is 26.2 Å². The Morgan fingerprint density at radius 1 is 1.03 bits per heavy atom. The number of benzene rings is 2. The van der Waals surface area contributed by atoms with Crippen LogP contribution in [0.25, 0.3) is 0 Å². The number of carbonyl (C=O) groups excluding carboxylic acids is 2. The van der Waals surface area contributed by atoms with E-state index in [0.717, 1.165) is 16.1 Å². The van der Waals surface area contributed by atoms with Crippen molar-refractivity contribution in [3.63, 3.8) is 0 Å². The van der Waals surface area contributed by atoms with Gasteiger partial charge in [0, 0.05) is 19.7 Å². The van der Waals surface area contributed by atoms with Crippen LogP contribution in [0.15, 0.2) is 48.5 Å². The molecule has 2 rings (SSSR count). The first-order chi connectivity index (χ1) is 15.1. The van der Waals surface area contributed by atoms with Gasteiger partial charge < -0.3 is 19.7 Å². The lowest BCUT2D eigenvalue weighted by Crippen LogP contribution is -2.50. The molecule has 0 saturated carbocycles. The minimum atomic E-state index is -3.79. The van der Waals surface area contributed by atoms with Crippen molar-refractivity contribution in [2.75, 3.05) is 38.4 Å². The Morgan fingerprint density at radius 2 is 1.66 bits per heavy atom. The fourth-order valence-electron chi connectivity index (χ4n) is 3.10. The summed E-state index contributed by atoms with van der Waals surface area (Å²) in [6.45, 7) is 1.24. The smallest absolute Gasteiger partial charge is 0.244 e. The first-order valence-corrected chi connectivity index (χ1v) is 11.7. The lowest BCUT2D eigenvalue weighted by atomic mass is 10.1. The van der Waals surface area contributed by atoms with Gasteiger partial charge >= 0.3 is 0 Å². The number of likely N-dealkylation sites (N-methyl/N-ethyl adjacent to an activating group) is 1. The molecule has 0 spiro atoms. The van der Waals surface area contributed by atoms with Crippen molar-refractivity contribution in [1.82, 2.24) is 10.2 Å². The first-order valence-electron chi connectivity index (χ1n) is 9.86. The molecule has 1 N–H and O–H groups in total. The minimum Gasteiger partial charge on any atom is -0.497 e. The number of hydrogen-bond acceptors (Lipinski definition) is 6. The summed E-state index contributed by atoms with van der Waals surface area (Å²) in [5.74, 6) is 0.231. The second kappa shape index (κ2) is 10.9. The molecule has 0 radical (unpaired) electrons. The van der Waals surface area contributed by atoms with Crippen LogP contribution in [0, 0.1) is 0 Å². The van der Waals surface area contributed by atoms with Crippen molar-refractivity contribution < 1.29 is 27.5 Å². The van der Waals surface area contributed by atoms with Crippen LogP contribution in [0.3, 0.4) is 0 Å². The molecule has 1 atom stereocenters. The second-order valence-corrected chi connectivity index (χ2v) is 9.04. The monoisotopic (exact) mass is 463 g/mol. The Morgan fingerprint density at radius 3 is 2.19 bits per heavy atom. The Balaban J connectivity index is 2.37. The van der Waals surface area contributed by atoms with Gasteiger partial charge in [-0.15, -0.1) is 0 Å². The van der Waals surface area contributed by atoms with Gasteiger partial charge in [0.2, 0.25) is 21.8 Å². The van der Waals surface area contributed by atoms with Crippen LogP contribution >= 0.6 is 0 Å². The first kappa shape index (κ1) is 25.0. The molecule has 2 aromatic carbocycles. The number of carbonyl (C=O) groups is 2. The number of methoxy groups -OCH3 is 2. The number of amides is 2. The van der Waals surface area contributed by atoms with E-state index in [-0.39, 0.29) is 18.1 Å². The molecule has 9 nitrogen and oxygen atoms in total. The molecule has 2 aromatic rings. The predicted octanol–water partition coefficient (Wildman–Crippen LogP) is 1.63. The average molecular weight is 464 g/mol. The van der Waals surface area contributed by atoms with Crippen molar-refractivity contribution >= 4 is 27.5 Å². The highest BCUT2D eigenvalue weighted by Gasteiger charge is 2.29. The number of nitrogens with one attached hydrogen (secondary N) is 1. The van der Waals surface area contributed by atoms with Crippen LogP contribution in [0.4, 0.5) is 5.69 Å². The standard InChI is InChI=1S/C22H29N3O6S/c1-16(22(27)23-2)24(14-17-9-11-19(30-3)12-10-17)21(26)15-25(32(5,28)29)18-7-6-8-20(13-18)31-4/h6-13,16H,14-15H2,1-5H3,(H,23,27)/t16-/m0/s1. The van der Waals surface area contributed by atoms with Crippen molar-refractivity contribution in [3.05, 3.63) is 54.1 Å². The topological polar surface area (TPSA) is 105 Å². The second-order valence-electron chi connectivity index (χ2n) is 7.13. The van der Waals surface area contributed by atoms with E-state index in [1.165, 1.54) is 25.1 Å². The van der Waals surface area contributed by atoms with Gasteiger partial charge in [-0.3, -0.25) is 13.9 Å². The molecule has 0 heterocycles. The molecule has 0 aliphatic rings. The highest BCUT2D eigenvalue weighted by molar-refractivity contribution is 7.92. The molecule has 10 heteroatoms. The maximum absolute atomic E-state index is 13.3. The van der Waals surface area contributed by atoms with Crippen LogP contribution in [0.2, 0.25) is 0 Å². The molecular weight excluding hydrogens is 434 g/mol. The quantitative estimate of drug-likeness (QED) is 0.574. The van der Waals surface area contributed by atoms with Crippen molar-refractivity contribution in [1.29, 1.82) is 0 Å². The summed E-state index contributed by atoms with van der Waals surface area (Å²) in [6.07, 6.45) is 1.02. The Bertz CT molecular complexity index is 1040. The van der Waals surface area contributed by atoms with Crippen LogP contribution < -0.4 is 19.1 Å². The molecule has 0 fully saturated rings. The van der Waals surface area contributed by atoms with E-state index in [4.69, 9.17) is 9.47 Å². The van der Waals surface area contributed by atoms with E-state index < -0.39 is 28.5 Å². The number of hydrogen-bond donors (Lipinski definition) is 1. The van der Waals surface area contributed by atoms with Crippen molar-refractivity contribution in [2.24, 2.45) is 0 Å². The van der Waals surface area contributed by atoms with Crippen molar-refractivity contribution in [3.8, 4) is 11.5 Å². The molecule has 0 saturated heterocycles. The maximum atomic E-state index is 13.3. The minimum absolute atomic E-state index is 0.118. The lowest BCUT2D eigenvalue weighted by molar-refractivity contribution is -0.139. The van der Waals surface area contributed by atoms with E-state index in [2.05, 4.69) is 5.32 Å². The van der Waals surface area contributed by atoms with Gasteiger partial charge in [0.25, 0.3) is 0 Å².